The molecule has 0 unspecified atom stereocenters. The summed E-state index contributed by atoms with van der Waals surface area (Å²) in [5.41, 5.74) is 0.724. The Kier molecular flexibility index (Phi) is 4.60. The molecule has 0 aliphatic carbocycles. The number of nitrogens with zero attached hydrogens (tertiary/aromatic N) is 2. The zero-order valence-corrected chi connectivity index (χ0v) is 11.3. The van der Waals surface area contributed by atoms with E-state index >= 15 is 0 Å². The van der Waals surface area contributed by atoms with Crippen LogP contribution in [-0.2, 0) is 0 Å². The Morgan fingerprint density at radius 3 is 1.00 bits per heavy atom. The van der Waals surface area contributed by atoms with Crippen LogP contribution in [0.4, 0.5) is 0 Å². The molecule has 0 heterocycles. The molecule has 0 radical (unpaired) electrons. The second-order valence-corrected chi connectivity index (χ2v) is 6.75. The van der Waals surface area contributed by atoms with Gasteiger partial charge in [0.15, 0.2) is 0 Å². The molecule has 0 aliphatic rings. The smallest absolute Gasteiger partial charge is 0.0178 e. The standard InChI is InChI=1S/C12H28N2/c1-11(2,3)9-13(7)14(8)10-12(4,5)6/h9-10H2,1-8H3. The fraction of sp³-hybridized carbons (Fsp3) is 1.00. The molecule has 2 heteroatoms. The second-order valence-electron chi connectivity index (χ2n) is 6.75. The van der Waals surface area contributed by atoms with Gasteiger partial charge in [-0.25, -0.2) is 10.0 Å². The van der Waals surface area contributed by atoms with Gasteiger partial charge >= 0.3 is 0 Å². The second kappa shape index (κ2) is 4.63. The Labute approximate surface area is 90.2 Å². The van der Waals surface area contributed by atoms with Crippen LogP contribution < -0.4 is 0 Å². The van der Waals surface area contributed by atoms with Crippen molar-refractivity contribution in [2.24, 2.45) is 10.8 Å². The predicted molar refractivity (Wildman–Crippen MR) is 64.2 cm³/mol. The first-order chi connectivity index (χ1) is 6.01. The Morgan fingerprint density at radius 1 is 0.643 bits per heavy atom. The van der Waals surface area contributed by atoms with E-state index < -0.39 is 0 Å². The van der Waals surface area contributed by atoms with E-state index in [0.717, 1.165) is 13.1 Å². The van der Waals surface area contributed by atoms with Gasteiger partial charge in [0.05, 0.1) is 0 Å². The molecular formula is C12H28N2. The Hall–Kier alpha value is -0.0800. The molecule has 0 spiro atoms. The first-order valence-corrected chi connectivity index (χ1v) is 5.43. The van der Waals surface area contributed by atoms with Crippen molar-refractivity contribution in [3.8, 4) is 0 Å². The molecule has 0 aliphatic heterocycles. The minimum absolute atomic E-state index is 0.362. The topological polar surface area (TPSA) is 6.48 Å². The number of hydrazine groups is 1. The largest absolute Gasteiger partial charge is 0.245 e. The molecule has 0 N–H and O–H groups in total. The van der Waals surface area contributed by atoms with E-state index in [1.807, 2.05) is 0 Å². The van der Waals surface area contributed by atoms with E-state index in [2.05, 4.69) is 65.7 Å². The summed E-state index contributed by atoms with van der Waals surface area (Å²) >= 11 is 0. The van der Waals surface area contributed by atoms with E-state index in [1.54, 1.807) is 0 Å². The lowest BCUT2D eigenvalue weighted by atomic mass is 9.95. The normalized spacial score (nSPS) is 14.1. The van der Waals surface area contributed by atoms with Crippen molar-refractivity contribution < 1.29 is 0 Å². The average molecular weight is 200 g/mol. The third kappa shape index (κ3) is 7.34. The van der Waals surface area contributed by atoms with Crippen molar-refractivity contribution in [1.29, 1.82) is 0 Å². The van der Waals surface area contributed by atoms with Gasteiger partial charge in [-0.15, -0.1) is 0 Å². The molecule has 0 fully saturated rings. The highest BCUT2D eigenvalue weighted by atomic mass is 15.6. The lowest BCUT2D eigenvalue weighted by molar-refractivity contribution is -0.0227. The number of hydrogen-bond donors (Lipinski definition) is 0. The van der Waals surface area contributed by atoms with Crippen molar-refractivity contribution in [2.75, 3.05) is 27.2 Å². The molecule has 0 aromatic rings. The monoisotopic (exact) mass is 200 g/mol. The van der Waals surface area contributed by atoms with Gasteiger partial charge in [0, 0.05) is 27.2 Å². The molecule has 0 atom stereocenters. The van der Waals surface area contributed by atoms with Crippen LogP contribution in [0.2, 0.25) is 0 Å². The van der Waals surface area contributed by atoms with Crippen molar-refractivity contribution >= 4 is 0 Å². The Morgan fingerprint density at radius 2 is 0.857 bits per heavy atom. The lowest BCUT2D eigenvalue weighted by Crippen LogP contribution is -2.45. The summed E-state index contributed by atoms with van der Waals surface area (Å²) in [4.78, 5) is 0. The highest BCUT2D eigenvalue weighted by Crippen LogP contribution is 2.18. The summed E-state index contributed by atoms with van der Waals surface area (Å²) in [6, 6.07) is 0. The molecule has 0 saturated heterocycles. The van der Waals surface area contributed by atoms with Crippen LogP contribution in [0.1, 0.15) is 41.5 Å². The summed E-state index contributed by atoms with van der Waals surface area (Å²) < 4.78 is 0. The average Bonchev–Trinajstić information content (AvgIpc) is 1.78. The van der Waals surface area contributed by atoms with Gasteiger partial charge in [-0.3, -0.25) is 0 Å². The maximum Gasteiger partial charge on any atom is 0.0178 e. The van der Waals surface area contributed by atoms with Crippen molar-refractivity contribution in [1.82, 2.24) is 10.0 Å². The van der Waals surface area contributed by atoms with E-state index in [-0.39, 0.29) is 0 Å². The first kappa shape index (κ1) is 13.9. The molecule has 86 valence electrons. The fourth-order valence-electron chi connectivity index (χ4n) is 1.61. The summed E-state index contributed by atoms with van der Waals surface area (Å²) in [7, 11) is 4.33. The zero-order chi connectivity index (χ0) is 11.6. The van der Waals surface area contributed by atoms with Crippen LogP contribution in [0.25, 0.3) is 0 Å². The third-order valence-corrected chi connectivity index (χ3v) is 1.99. The molecule has 0 amide bonds. The molecule has 0 saturated carbocycles. The summed E-state index contributed by atoms with van der Waals surface area (Å²) in [6.07, 6.45) is 0. The molecule has 0 bridgehead atoms. The molecule has 14 heavy (non-hydrogen) atoms. The predicted octanol–water partition coefficient (Wildman–Crippen LogP) is 2.86. The Bertz CT molecular complexity index is 142. The van der Waals surface area contributed by atoms with E-state index in [0.29, 0.717) is 10.8 Å². The van der Waals surface area contributed by atoms with Crippen LogP contribution in [0.15, 0.2) is 0 Å². The minimum Gasteiger partial charge on any atom is -0.245 e. The van der Waals surface area contributed by atoms with Gasteiger partial charge < -0.3 is 0 Å². The maximum atomic E-state index is 2.31. The quantitative estimate of drug-likeness (QED) is 0.646. The van der Waals surface area contributed by atoms with Crippen molar-refractivity contribution in [3.63, 3.8) is 0 Å². The van der Waals surface area contributed by atoms with Crippen LogP contribution in [0, 0.1) is 10.8 Å². The van der Waals surface area contributed by atoms with Crippen LogP contribution >= 0.6 is 0 Å². The van der Waals surface area contributed by atoms with Crippen molar-refractivity contribution in [2.45, 2.75) is 41.5 Å². The van der Waals surface area contributed by atoms with Crippen molar-refractivity contribution in [3.05, 3.63) is 0 Å². The van der Waals surface area contributed by atoms with Crippen LogP contribution in [0.5, 0.6) is 0 Å². The molecule has 2 nitrogen and oxygen atoms in total. The first-order valence-electron chi connectivity index (χ1n) is 5.43. The summed E-state index contributed by atoms with van der Waals surface area (Å²) in [5.74, 6) is 0. The lowest BCUT2D eigenvalue weighted by Gasteiger charge is -2.37. The molecular weight excluding hydrogens is 172 g/mol. The van der Waals surface area contributed by atoms with E-state index in [1.165, 1.54) is 0 Å². The van der Waals surface area contributed by atoms with Gasteiger partial charge in [-0.2, -0.15) is 0 Å². The minimum atomic E-state index is 0.362. The summed E-state index contributed by atoms with van der Waals surface area (Å²) in [5, 5.41) is 4.62. The van der Waals surface area contributed by atoms with Gasteiger partial charge in [0.1, 0.15) is 0 Å². The van der Waals surface area contributed by atoms with E-state index in [4.69, 9.17) is 0 Å². The number of hydrogen-bond acceptors (Lipinski definition) is 2. The SMILES string of the molecule is CN(CC(C)(C)C)N(C)CC(C)(C)C. The van der Waals surface area contributed by atoms with Crippen LogP contribution in [-0.4, -0.2) is 37.2 Å². The maximum absolute atomic E-state index is 2.31. The fourth-order valence-corrected chi connectivity index (χ4v) is 1.61. The van der Waals surface area contributed by atoms with Crippen LogP contribution in [0.3, 0.4) is 0 Å². The molecule has 0 aromatic heterocycles. The van der Waals surface area contributed by atoms with Gasteiger partial charge in [0.2, 0.25) is 0 Å². The summed E-state index contributed by atoms with van der Waals surface area (Å²) in [6.45, 7) is 15.8. The molecule has 0 rings (SSSR count). The molecule has 0 aromatic carbocycles. The zero-order valence-electron chi connectivity index (χ0n) is 11.3. The number of rotatable bonds is 3. The highest BCUT2D eigenvalue weighted by Gasteiger charge is 2.20. The van der Waals surface area contributed by atoms with Gasteiger partial charge in [-0.1, -0.05) is 41.5 Å². The Balaban J connectivity index is 4.07. The van der Waals surface area contributed by atoms with Gasteiger partial charge in [-0.05, 0) is 10.8 Å². The van der Waals surface area contributed by atoms with E-state index in [9.17, 15) is 0 Å². The van der Waals surface area contributed by atoms with Gasteiger partial charge in [0.25, 0.3) is 0 Å². The third-order valence-electron chi connectivity index (χ3n) is 1.99. The highest BCUT2D eigenvalue weighted by molar-refractivity contribution is 4.68.